The van der Waals surface area contributed by atoms with E-state index in [2.05, 4.69) is 36.0 Å². The van der Waals surface area contributed by atoms with Crippen molar-refractivity contribution in [2.24, 2.45) is 5.73 Å². The molecule has 106 valence electrons. The van der Waals surface area contributed by atoms with Crippen molar-refractivity contribution >= 4 is 17.3 Å². The number of nitrogens with zero attached hydrogens (tertiary/aromatic N) is 2. The molecule has 0 aliphatic carbocycles. The van der Waals surface area contributed by atoms with E-state index in [9.17, 15) is 0 Å². The zero-order chi connectivity index (χ0) is 13.8. The van der Waals surface area contributed by atoms with Gasteiger partial charge in [-0.15, -0.1) is 0 Å². The van der Waals surface area contributed by atoms with E-state index in [1.165, 1.54) is 24.9 Å². The number of benzene rings is 1. The first kappa shape index (κ1) is 14.6. The SMILES string of the molecule is CN(CC1CCCN1C)c1ccc(CCN)cc1Cl. The Labute approximate surface area is 121 Å². The van der Waals surface area contributed by atoms with Crippen LogP contribution in [-0.2, 0) is 6.42 Å². The Morgan fingerprint density at radius 1 is 1.47 bits per heavy atom. The number of hydrogen-bond donors (Lipinski definition) is 1. The highest BCUT2D eigenvalue weighted by Gasteiger charge is 2.22. The molecule has 1 fully saturated rings. The van der Waals surface area contributed by atoms with Gasteiger partial charge in [0.2, 0.25) is 0 Å². The normalized spacial score (nSPS) is 19.9. The molecule has 0 bridgehead atoms. The van der Waals surface area contributed by atoms with E-state index in [0.29, 0.717) is 12.6 Å². The molecule has 0 spiro atoms. The third-order valence-electron chi connectivity index (χ3n) is 4.01. The molecule has 0 saturated carbocycles. The summed E-state index contributed by atoms with van der Waals surface area (Å²) >= 11 is 6.39. The van der Waals surface area contributed by atoms with E-state index in [0.717, 1.165) is 23.7 Å². The maximum atomic E-state index is 6.39. The topological polar surface area (TPSA) is 32.5 Å². The summed E-state index contributed by atoms with van der Waals surface area (Å²) < 4.78 is 0. The van der Waals surface area contributed by atoms with E-state index in [1.807, 2.05) is 6.07 Å². The highest BCUT2D eigenvalue weighted by Crippen LogP contribution is 2.27. The number of anilines is 1. The van der Waals surface area contributed by atoms with Gasteiger partial charge in [0.25, 0.3) is 0 Å². The predicted molar refractivity (Wildman–Crippen MR) is 83.1 cm³/mol. The summed E-state index contributed by atoms with van der Waals surface area (Å²) in [5.41, 5.74) is 7.90. The van der Waals surface area contributed by atoms with E-state index in [-0.39, 0.29) is 0 Å². The van der Waals surface area contributed by atoms with Gasteiger partial charge in [-0.2, -0.15) is 0 Å². The Bertz CT molecular complexity index is 422. The molecule has 1 saturated heterocycles. The second-order valence-electron chi connectivity index (χ2n) is 5.48. The number of hydrogen-bond acceptors (Lipinski definition) is 3. The van der Waals surface area contributed by atoms with Crippen molar-refractivity contribution in [2.45, 2.75) is 25.3 Å². The van der Waals surface area contributed by atoms with Crippen LogP contribution < -0.4 is 10.6 Å². The average molecular weight is 282 g/mol. The van der Waals surface area contributed by atoms with Crippen molar-refractivity contribution in [1.82, 2.24) is 4.90 Å². The van der Waals surface area contributed by atoms with Gasteiger partial charge in [-0.05, 0) is 57.1 Å². The Balaban J connectivity index is 2.04. The quantitative estimate of drug-likeness (QED) is 0.899. The molecule has 3 nitrogen and oxygen atoms in total. The molecule has 0 amide bonds. The second kappa shape index (κ2) is 6.60. The summed E-state index contributed by atoms with van der Waals surface area (Å²) in [6, 6.07) is 6.92. The smallest absolute Gasteiger partial charge is 0.0642 e. The van der Waals surface area contributed by atoms with Crippen LogP contribution in [0.1, 0.15) is 18.4 Å². The van der Waals surface area contributed by atoms with Crippen LogP contribution in [0.5, 0.6) is 0 Å². The lowest BCUT2D eigenvalue weighted by Crippen LogP contribution is -2.36. The standard InChI is InChI=1S/C15H24ClN3/c1-18-9-3-4-13(18)11-19(2)15-6-5-12(7-8-17)10-14(15)16/h5-6,10,13H,3-4,7-9,11,17H2,1-2H3. The minimum absolute atomic E-state index is 0.643. The average Bonchev–Trinajstić information content (AvgIpc) is 2.75. The maximum Gasteiger partial charge on any atom is 0.0642 e. The summed E-state index contributed by atoms with van der Waals surface area (Å²) in [5.74, 6) is 0. The van der Waals surface area contributed by atoms with Crippen molar-refractivity contribution in [3.63, 3.8) is 0 Å². The fourth-order valence-corrected chi connectivity index (χ4v) is 3.15. The van der Waals surface area contributed by atoms with Gasteiger partial charge < -0.3 is 15.5 Å². The Kier molecular flexibility index (Phi) is 5.08. The lowest BCUT2D eigenvalue weighted by molar-refractivity contribution is 0.314. The molecule has 1 unspecified atom stereocenters. The highest BCUT2D eigenvalue weighted by atomic mass is 35.5. The molecular formula is C15H24ClN3. The summed E-state index contributed by atoms with van der Waals surface area (Å²) in [5, 5.41) is 0.828. The van der Waals surface area contributed by atoms with E-state index < -0.39 is 0 Å². The molecule has 1 aliphatic rings. The molecule has 1 aromatic carbocycles. The van der Waals surface area contributed by atoms with Crippen LogP contribution in [0, 0.1) is 0 Å². The number of rotatable bonds is 5. The van der Waals surface area contributed by atoms with E-state index in [4.69, 9.17) is 17.3 Å². The number of halogens is 1. The van der Waals surface area contributed by atoms with Crippen LogP contribution in [0.4, 0.5) is 5.69 Å². The monoisotopic (exact) mass is 281 g/mol. The molecule has 1 heterocycles. The third kappa shape index (κ3) is 3.62. The number of likely N-dealkylation sites (tertiary alicyclic amines) is 1. The van der Waals surface area contributed by atoms with Crippen LogP contribution >= 0.6 is 11.6 Å². The van der Waals surface area contributed by atoms with Crippen LogP contribution in [0.2, 0.25) is 5.02 Å². The van der Waals surface area contributed by atoms with Crippen LogP contribution in [0.15, 0.2) is 18.2 Å². The van der Waals surface area contributed by atoms with Crippen LogP contribution in [-0.4, -0.2) is 44.7 Å². The van der Waals surface area contributed by atoms with Crippen molar-refractivity contribution in [3.8, 4) is 0 Å². The zero-order valence-corrected chi connectivity index (χ0v) is 12.7. The molecule has 0 aromatic heterocycles. The van der Waals surface area contributed by atoms with Gasteiger partial charge in [0.1, 0.15) is 0 Å². The fraction of sp³-hybridized carbons (Fsp3) is 0.600. The predicted octanol–water partition coefficient (Wildman–Crippen LogP) is 2.37. The molecule has 1 atom stereocenters. The first-order valence-electron chi connectivity index (χ1n) is 7.01. The Morgan fingerprint density at radius 2 is 2.26 bits per heavy atom. The second-order valence-corrected chi connectivity index (χ2v) is 5.89. The molecule has 1 aromatic rings. The molecule has 1 aliphatic heterocycles. The summed E-state index contributed by atoms with van der Waals surface area (Å²) in [7, 11) is 4.33. The van der Waals surface area contributed by atoms with Gasteiger partial charge in [0.15, 0.2) is 0 Å². The first-order chi connectivity index (χ1) is 9.11. The number of likely N-dealkylation sites (N-methyl/N-ethyl adjacent to an activating group) is 2. The van der Waals surface area contributed by atoms with Gasteiger partial charge in [-0.25, -0.2) is 0 Å². The van der Waals surface area contributed by atoms with Crippen LogP contribution in [0.25, 0.3) is 0 Å². The van der Waals surface area contributed by atoms with Crippen molar-refractivity contribution in [3.05, 3.63) is 28.8 Å². The van der Waals surface area contributed by atoms with E-state index in [1.54, 1.807) is 0 Å². The van der Waals surface area contributed by atoms with Crippen molar-refractivity contribution < 1.29 is 0 Å². The van der Waals surface area contributed by atoms with Crippen LogP contribution in [0.3, 0.4) is 0 Å². The Hall–Kier alpha value is -0.770. The van der Waals surface area contributed by atoms with Crippen molar-refractivity contribution in [1.29, 1.82) is 0 Å². The van der Waals surface area contributed by atoms with E-state index >= 15 is 0 Å². The third-order valence-corrected chi connectivity index (χ3v) is 4.32. The van der Waals surface area contributed by atoms with Crippen molar-refractivity contribution in [2.75, 3.05) is 38.6 Å². The first-order valence-corrected chi connectivity index (χ1v) is 7.39. The lowest BCUT2D eigenvalue weighted by Gasteiger charge is -2.28. The van der Waals surface area contributed by atoms with Gasteiger partial charge >= 0.3 is 0 Å². The lowest BCUT2D eigenvalue weighted by atomic mass is 10.1. The van der Waals surface area contributed by atoms with Gasteiger partial charge in [-0.1, -0.05) is 17.7 Å². The molecule has 0 radical (unpaired) electrons. The molecular weight excluding hydrogens is 258 g/mol. The van der Waals surface area contributed by atoms with Gasteiger partial charge in [0, 0.05) is 19.6 Å². The minimum atomic E-state index is 0.643. The van der Waals surface area contributed by atoms with Gasteiger partial charge in [-0.3, -0.25) is 0 Å². The Morgan fingerprint density at radius 3 is 2.84 bits per heavy atom. The molecule has 4 heteroatoms. The molecule has 19 heavy (non-hydrogen) atoms. The maximum absolute atomic E-state index is 6.39. The molecule has 2 N–H and O–H groups in total. The fourth-order valence-electron chi connectivity index (χ4n) is 2.81. The largest absolute Gasteiger partial charge is 0.372 e. The molecule has 2 rings (SSSR count). The van der Waals surface area contributed by atoms with Gasteiger partial charge in [0.05, 0.1) is 10.7 Å². The summed E-state index contributed by atoms with van der Waals surface area (Å²) in [6.45, 7) is 2.91. The summed E-state index contributed by atoms with van der Waals surface area (Å²) in [4.78, 5) is 4.70. The number of nitrogens with two attached hydrogens (primary N) is 1. The highest BCUT2D eigenvalue weighted by molar-refractivity contribution is 6.33. The minimum Gasteiger partial charge on any atom is -0.372 e. The summed E-state index contributed by atoms with van der Waals surface area (Å²) in [6.07, 6.45) is 3.47. The zero-order valence-electron chi connectivity index (χ0n) is 11.9.